The zero-order valence-corrected chi connectivity index (χ0v) is 9.43. The zero-order chi connectivity index (χ0) is 12.8. The summed E-state index contributed by atoms with van der Waals surface area (Å²) in [6, 6.07) is 5.47. The molecule has 1 atom stereocenters. The highest BCUT2D eigenvalue weighted by Crippen LogP contribution is 2.10. The molecule has 0 spiro atoms. The third-order valence-corrected chi connectivity index (χ3v) is 2.08. The van der Waals surface area contributed by atoms with Crippen molar-refractivity contribution in [3.8, 4) is 0 Å². The molecule has 3 N–H and O–H groups in total. The SMILES string of the molecule is C=CC(C)NC(=O)Nc1cccc(C(=O)O)c1. The van der Waals surface area contributed by atoms with Gasteiger partial charge in [-0.05, 0) is 25.1 Å². The Bertz CT molecular complexity index is 443. The van der Waals surface area contributed by atoms with Gasteiger partial charge in [0, 0.05) is 11.7 Å². The Morgan fingerprint density at radius 2 is 2.18 bits per heavy atom. The maximum absolute atomic E-state index is 11.4. The molecule has 0 fully saturated rings. The number of urea groups is 1. The molecule has 1 aromatic rings. The summed E-state index contributed by atoms with van der Waals surface area (Å²) in [5.41, 5.74) is 0.554. The number of aromatic carboxylic acids is 1. The van der Waals surface area contributed by atoms with Crippen molar-refractivity contribution >= 4 is 17.7 Å². The highest BCUT2D eigenvalue weighted by Gasteiger charge is 2.06. The topological polar surface area (TPSA) is 78.4 Å². The van der Waals surface area contributed by atoms with Gasteiger partial charge in [-0.15, -0.1) is 6.58 Å². The number of carbonyl (C=O) groups excluding carboxylic acids is 1. The molecule has 0 aliphatic rings. The Hall–Kier alpha value is -2.30. The second kappa shape index (κ2) is 5.69. The maximum Gasteiger partial charge on any atom is 0.335 e. The van der Waals surface area contributed by atoms with Crippen molar-refractivity contribution in [1.29, 1.82) is 0 Å². The number of anilines is 1. The lowest BCUT2D eigenvalue weighted by Crippen LogP contribution is -2.34. The fourth-order valence-electron chi connectivity index (χ4n) is 1.16. The average molecular weight is 234 g/mol. The van der Waals surface area contributed by atoms with Gasteiger partial charge in [-0.3, -0.25) is 0 Å². The number of amides is 2. The minimum absolute atomic E-state index is 0.125. The predicted octanol–water partition coefficient (Wildman–Crippen LogP) is 2.08. The molecule has 0 aliphatic carbocycles. The van der Waals surface area contributed by atoms with Crippen LogP contribution < -0.4 is 10.6 Å². The molecule has 0 bridgehead atoms. The van der Waals surface area contributed by atoms with Crippen molar-refractivity contribution in [1.82, 2.24) is 5.32 Å². The maximum atomic E-state index is 11.4. The summed E-state index contributed by atoms with van der Waals surface area (Å²) < 4.78 is 0. The fourth-order valence-corrected chi connectivity index (χ4v) is 1.16. The summed E-state index contributed by atoms with van der Waals surface area (Å²) in [5.74, 6) is -1.03. The quantitative estimate of drug-likeness (QED) is 0.698. The first kappa shape index (κ1) is 12.8. The van der Waals surface area contributed by atoms with E-state index in [1.165, 1.54) is 12.1 Å². The third kappa shape index (κ3) is 3.98. The Labute approximate surface area is 99.1 Å². The minimum Gasteiger partial charge on any atom is -0.478 e. The third-order valence-electron chi connectivity index (χ3n) is 2.08. The molecule has 0 aromatic heterocycles. The minimum atomic E-state index is -1.03. The van der Waals surface area contributed by atoms with Gasteiger partial charge < -0.3 is 15.7 Å². The van der Waals surface area contributed by atoms with Gasteiger partial charge in [0.1, 0.15) is 0 Å². The van der Waals surface area contributed by atoms with Crippen LogP contribution in [0.2, 0.25) is 0 Å². The lowest BCUT2D eigenvalue weighted by atomic mass is 10.2. The van der Waals surface area contributed by atoms with Crippen molar-refractivity contribution < 1.29 is 14.7 Å². The highest BCUT2D eigenvalue weighted by atomic mass is 16.4. The molecular formula is C12H14N2O3. The van der Waals surface area contributed by atoms with E-state index in [1.807, 2.05) is 0 Å². The average Bonchev–Trinajstić information content (AvgIpc) is 2.28. The molecule has 1 rings (SSSR count). The Morgan fingerprint density at radius 1 is 1.47 bits per heavy atom. The normalized spacial score (nSPS) is 11.4. The van der Waals surface area contributed by atoms with Crippen LogP contribution in [0.15, 0.2) is 36.9 Å². The van der Waals surface area contributed by atoms with E-state index in [1.54, 1.807) is 25.1 Å². The number of carboxylic acid groups (broad SMARTS) is 1. The van der Waals surface area contributed by atoms with E-state index in [-0.39, 0.29) is 11.6 Å². The molecule has 0 aliphatic heterocycles. The monoisotopic (exact) mass is 234 g/mol. The Kier molecular flexibility index (Phi) is 4.28. The van der Waals surface area contributed by atoms with Crippen molar-refractivity contribution in [3.05, 3.63) is 42.5 Å². The zero-order valence-electron chi connectivity index (χ0n) is 9.43. The number of carbonyl (C=O) groups is 2. The molecular weight excluding hydrogens is 220 g/mol. The highest BCUT2D eigenvalue weighted by molar-refractivity contribution is 5.93. The lowest BCUT2D eigenvalue weighted by molar-refractivity contribution is 0.0697. The van der Waals surface area contributed by atoms with Gasteiger partial charge in [-0.25, -0.2) is 9.59 Å². The van der Waals surface area contributed by atoms with Gasteiger partial charge in [0.15, 0.2) is 0 Å². The standard InChI is InChI=1S/C12H14N2O3/c1-3-8(2)13-12(17)14-10-6-4-5-9(7-10)11(15)16/h3-8H,1H2,2H3,(H,15,16)(H2,13,14,17). The van der Waals surface area contributed by atoms with Crippen molar-refractivity contribution in [3.63, 3.8) is 0 Å². The fraction of sp³-hybridized carbons (Fsp3) is 0.167. The molecule has 5 nitrogen and oxygen atoms in total. The Balaban J connectivity index is 2.68. The number of benzene rings is 1. The molecule has 0 heterocycles. The van der Waals surface area contributed by atoms with E-state index < -0.39 is 12.0 Å². The number of rotatable bonds is 4. The van der Waals surface area contributed by atoms with Crippen LogP contribution >= 0.6 is 0 Å². The lowest BCUT2D eigenvalue weighted by Gasteiger charge is -2.10. The van der Waals surface area contributed by atoms with Crippen LogP contribution in [0.25, 0.3) is 0 Å². The van der Waals surface area contributed by atoms with Gasteiger partial charge in [0.05, 0.1) is 5.56 Å². The molecule has 2 amide bonds. The van der Waals surface area contributed by atoms with Gasteiger partial charge in [0.2, 0.25) is 0 Å². The van der Waals surface area contributed by atoms with E-state index in [9.17, 15) is 9.59 Å². The second-order valence-corrected chi connectivity index (χ2v) is 3.51. The summed E-state index contributed by atoms with van der Waals surface area (Å²) in [7, 11) is 0. The molecule has 0 radical (unpaired) electrons. The first-order valence-electron chi connectivity index (χ1n) is 5.06. The number of hydrogen-bond acceptors (Lipinski definition) is 2. The van der Waals surface area contributed by atoms with E-state index in [2.05, 4.69) is 17.2 Å². The van der Waals surface area contributed by atoms with E-state index >= 15 is 0 Å². The van der Waals surface area contributed by atoms with Crippen LogP contribution in [0.3, 0.4) is 0 Å². The molecule has 1 aromatic carbocycles. The van der Waals surface area contributed by atoms with Crippen LogP contribution in [0.1, 0.15) is 17.3 Å². The smallest absolute Gasteiger partial charge is 0.335 e. The van der Waals surface area contributed by atoms with Gasteiger partial charge in [0.25, 0.3) is 0 Å². The van der Waals surface area contributed by atoms with Gasteiger partial charge >= 0.3 is 12.0 Å². The van der Waals surface area contributed by atoms with Crippen molar-refractivity contribution in [2.75, 3.05) is 5.32 Å². The van der Waals surface area contributed by atoms with E-state index in [0.717, 1.165) is 0 Å². The Morgan fingerprint density at radius 3 is 2.76 bits per heavy atom. The van der Waals surface area contributed by atoms with Crippen LogP contribution in [0, 0.1) is 0 Å². The van der Waals surface area contributed by atoms with Crippen molar-refractivity contribution in [2.45, 2.75) is 13.0 Å². The number of hydrogen-bond donors (Lipinski definition) is 3. The van der Waals surface area contributed by atoms with Gasteiger partial charge in [-0.2, -0.15) is 0 Å². The molecule has 5 heteroatoms. The first-order chi connectivity index (χ1) is 8.02. The summed E-state index contributed by atoms with van der Waals surface area (Å²) in [5, 5.41) is 13.9. The van der Waals surface area contributed by atoms with E-state index in [0.29, 0.717) is 5.69 Å². The molecule has 1 unspecified atom stereocenters. The van der Waals surface area contributed by atoms with Crippen LogP contribution in [0.4, 0.5) is 10.5 Å². The van der Waals surface area contributed by atoms with Gasteiger partial charge in [-0.1, -0.05) is 12.1 Å². The summed E-state index contributed by atoms with van der Waals surface area (Å²) >= 11 is 0. The predicted molar refractivity (Wildman–Crippen MR) is 65.2 cm³/mol. The largest absolute Gasteiger partial charge is 0.478 e. The van der Waals surface area contributed by atoms with Crippen LogP contribution in [0.5, 0.6) is 0 Å². The number of nitrogens with one attached hydrogen (secondary N) is 2. The second-order valence-electron chi connectivity index (χ2n) is 3.51. The molecule has 0 saturated heterocycles. The van der Waals surface area contributed by atoms with Crippen molar-refractivity contribution in [2.24, 2.45) is 0 Å². The molecule has 90 valence electrons. The van der Waals surface area contributed by atoms with Crippen LogP contribution in [-0.4, -0.2) is 23.1 Å². The summed E-state index contributed by atoms with van der Waals surface area (Å²) in [6.07, 6.45) is 1.59. The summed E-state index contributed by atoms with van der Waals surface area (Å²) in [4.78, 5) is 22.2. The van der Waals surface area contributed by atoms with Crippen LogP contribution in [-0.2, 0) is 0 Å². The first-order valence-corrected chi connectivity index (χ1v) is 5.06. The summed E-state index contributed by atoms with van der Waals surface area (Å²) in [6.45, 7) is 5.32. The molecule has 17 heavy (non-hydrogen) atoms. The number of carboxylic acids is 1. The molecule has 0 saturated carbocycles. The van der Waals surface area contributed by atoms with E-state index in [4.69, 9.17) is 5.11 Å².